The van der Waals surface area contributed by atoms with E-state index in [0.717, 1.165) is 5.56 Å². The summed E-state index contributed by atoms with van der Waals surface area (Å²) in [5.74, 6) is 0.979. The second kappa shape index (κ2) is 7.47. The van der Waals surface area contributed by atoms with Gasteiger partial charge in [0.05, 0.1) is 16.9 Å². The SMILES string of the molecule is Cc1cccc(CNc2nncc(Nc3ccc(Cl)cc3Cl)n2)c1. The molecule has 0 aliphatic heterocycles. The molecule has 1 aromatic heterocycles. The van der Waals surface area contributed by atoms with Crippen molar-refractivity contribution in [2.24, 2.45) is 0 Å². The number of halogens is 2. The van der Waals surface area contributed by atoms with Gasteiger partial charge in [-0.3, -0.25) is 0 Å². The van der Waals surface area contributed by atoms with Gasteiger partial charge in [0.25, 0.3) is 0 Å². The van der Waals surface area contributed by atoms with Crippen LogP contribution in [0.25, 0.3) is 0 Å². The highest BCUT2D eigenvalue weighted by Gasteiger charge is 2.05. The molecule has 5 nitrogen and oxygen atoms in total. The number of aromatic nitrogens is 3. The van der Waals surface area contributed by atoms with Crippen molar-refractivity contribution in [3.63, 3.8) is 0 Å². The number of benzene rings is 2. The first-order valence-electron chi connectivity index (χ1n) is 7.31. The molecule has 0 aliphatic carbocycles. The zero-order valence-corrected chi connectivity index (χ0v) is 14.4. The second-order valence-corrected chi connectivity index (χ2v) is 6.10. The molecule has 0 amide bonds. The van der Waals surface area contributed by atoms with Crippen LogP contribution in [0.3, 0.4) is 0 Å². The van der Waals surface area contributed by atoms with Gasteiger partial charge >= 0.3 is 0 Å². The van der Waals surface area contributed by atoms with Crippen LogP contribution >= 0.6 is 23.2 Å². The highest BCUT2D eigenvalue weighted by Crippen LogP contribution is 2.27. The quantitative estimate of drug-likeness (QED) is 0.682. The first kappa shape index (κ1) is 16.5. The lowest BCUT2D eigenvalue weighted by Crippen LogP contribution is -2.06. The van der Waals surface area contributed by atoms with E-state index >= 15 is 0 Å². The Morgan fingerprint density at radius 3 is 2.75 bits per heavy atom. The second-order valence-electron chi connectivity index (χ2n) is 5.26. The van der Waals surface area contributed by atoms with Crippen LogP contribution in [0.2, 0.25) is 10.0 Å². The van der Waals surface area contributed by atoms with Gasteiger partial charge in [-0.15, -0.1) is 5.10 Å². The summed E-state index contributed by atoms with van der Waals surface area (Å²) >= 11 is 12.0. The summed E-state index contributed by atoms with van der Waals surface area (Å²) in [6.45, 7) is 2.68. The predicted octanol–water partition coefficient (Wildman–Crippen LogP) is 4.84. The number of hydrogen-bond acceptors (Lipinski definition) is 5. The van der Waals surface area contributed by atoms with Gasteiger partial charge in [0.15, 0.2) is 5.82 Å². The number of rotatable bonds is 5. The summed E-state index contributed by atoms with van der Waals surface area (Å²) in [6.07, 6.45) is 1.53. The maximum atomic E-state index is 6.15. The van der Waals surface area contributed by atoms with Crippen LogP contribution in [0.1, 0.15) is 11.1 Å². The Hall–Kier alpha value is -2.37. The van der Waals surface area contributed by atoms with Gasteiger partial charge in [-0.1, -0.05) is 53.0 Å². The van der Waals surface area contributed by atoms with E-state index in [0.29, 0.717) is 34.0 Å². The third-order valence-corrected chi connectivity index (χ3v) is 3.83. The number of hydrogen-bond donors (Lipinski definition) is 2. The molecule has 0 saturated carbocycles. The fourth-order valence-corrected chi connectivity index (χ4v) is 2.63. The molecule has 0 aliphatic rings. The van der Waals surface area contributed by atoms with Crippen LogP contribution in [0, 0.1) is 6.92 Å². The number of aryl methyl sites for hydroxylation is 1. The average molecular weight is 360 g/mol. The number of nitrogens with one attached hydrogen (secondary N) is 2. The molecule has 0 unspecified atom stereocenters. The molecule has 0 atom stereocenters. The summed E-state index contributed by atoms with van der Waals surface area (Å²) in [7, 11) is 0. The van der Waals surface area contributed by atoms with Gasteiger partial charge in [-0.05, 0) is 30.7 Å². The van der Waals surface area contributed by atoms with Crippen molar-refractivity contribution >= 4 is 40.7 Å². The molecule has 24 heavy (non-hydrogen) atoms. The van der Waals surface area contributed by atoms with E-state index in [2.05, 4.69) is 44.9 Å². The molecule has 0 fully saturated rings. The largest absolute Gasteiger partial charge is 0.349 e. The van der Waals surface area contributed by atoms with E-state index in [1.165, 1.54) is 11.8 Å². The van der Waals surface area contributed by atoms with E-state index in [1.807, 2.05) is 12.1 Å². The highest BCUT2D eigenvalue weighted by molar-refractivity contribution is 6.36. The zero-order valence-electron chi connectivity index (χ0n) is 12.9. The maximum absolute atomic E-state index is 6.15. The smallest absolute Gasteiger partial charge is 0.244 e. The van der Waals surface area contributed by atoms with Crippen molar-refractivity contribution < 1.29 is 0 Å². The Kier molecular flexibility index (Phi) is 5.13. The molecule has 0 bridgehead atoms. The van der Waals surface area contributed by atoms with Crippen LogP contribution in [-0.2, 0) is 6.54 Å². The molecular formula is C17H15Cl2N5. The topological polar surface area (TPSA) is 62.7 Å². The average Bonchev–Trinajstić information content (AvgIpc) is 2.56. The summed E-state index contributed by atoms with van der Waals surface area (Å²) in [5.41, 5.74) is 3.06. The summed E-state index contributed by atoms with van der Waals surface area (Å²) in [5, 5.41) is 15.3. The first-order valence-corrected chi connectivity index (χ1v) is 8.07. The standard InChI is InChI=1S/C17H15Cl2N5/c1-11-3-2-4-12(7-11)9-20-17-23-16(10-21-24-17)22-15-6-5-13(18)8-14(15)19/h2-8,10H,9H2,1H3,(H2,20,22,23,24). The van der Waals surface area contributed by atoms with Crippen LogP contribution in [0.15, 0.2) is 48.7 Å². The molecule has 7 heteroatoms. The minimum Gasteiger partial charge on any atom is -0.349 e. The van der Waals surface area contributed by atoms with Gasteiger partial charge < -0.3 is 10.6 Å². The van der Waals surface area contributed by atoms with E-state index in [1.54, 1.807) is 18.2 Å². The van der Waals surface area contributed by atoms with Crippen LogP contribution < -0.4 is 10.6 Å². The molecule has 3 aromatic rings. The van der Waals surface area contributed by atoms with Crippen molar-refractivity contribution in [2.75, 3.05) is 10.6 Å². The van der Waals surface area contributed by atoms with Crippen LogP contribution in [0.5, 0.6) is 0 Å². The Labute approximate surface area is 150 Å². The lowest BCUT2D eigenvalue weighted by Gasteiger charge is -2.09. The Morgan fingerprint density at radius 2 is 1.96 bits per heavy atom. The molecule has 0 radical (unpaired) electrons. The third-order valence-electron chi connectivity index (χ3n) is 3.29. The molecule has 2 aromatic carbocycles. The van der Waals surface area contributed by atoms with E-state index < -0.39 is 0 Å². The zero-order chi connectivity index (χ0) is 16.9. The minimum atomic E-state index is 0.437. The normalized spacial score (nSPS) is 10.5. The van der Waals surface area contributed by atoms with Crippen molar-refractivity contribution in [1.29, 1.82) is 0 Å². The molecular weight excluding hydrogens is 345 g/mol. The Balaban J connectivity index is 1.69. The third kappa shape index (κ3) is 4.34. The van der Waals surface area contributed by atoms with Crippen molar-refractivity contribution in [3.8, 4) is 0 Å². The van der Waals surface area contributed by atoms with E-state index in [4.69, 9.17) is 23.2 Å². The predicted molar refractivity (Wildman–Crippen MR) is 98.1 cm³/mol. The van der Waals surface area contributed by atoms with Gasteiger partial charge in [-0.2, -0.15) is 10.1 Å². The lowest BCUT2D eigenvalue weighted by atomic mass is 10.1. The fourth-order valence-electron chi connectivity index (χ4n) is 2.17. The van der Waals surface area contributed by atoms with Crippen molar-refractivity contribution in [1.82, 2.24) is 15.2 Å². The van der Waals surface area contributed by atoms with Gasteiger partial charge in [0, 0.05) is 11.6 Å². The van der Waals surface area contributed by atoms with Gasteiger partial charge in [-0.25, -0.2) is 0 Å². The van der Waals surface area contributed by atoms with Crippen molar-refractivity contribution in [3.05, 3.63) is 69.8 Å². The highest BCUT2D eigenvalue weighted by atomic mass is 35.5. The monoisotopic (exact) mass is 359 g/mol. The maximum Gasteiger partial charge on any atom is 0.244 e. The van der Waals surface area contributed by atoms with Gasteiger partial charge in [0.2, 0.25) is 5.95 Å². The minimum absolute atomic E-state index is 0.437. The molecule has 3 rings (SSSR count). The number of anilines is 3. The summed E-state index contributed by atoms with van der Waals surface area (Å²) in [6, 6.07) is 13.4. The Bertz CT molecular complexity index is 854. The van der Waals surface area contributed by atoms with Crippen molar-refractivity contribution in [2.45, 2.75) is 13.5 Å². The molecule has 122 valence electrons. The lowest BCUT2D eigenvalue weighted by molar-refractivity contribution is 0.948. The Morgan fingerprint density at radius 1 is 1.08 bits per heavy atom. The molecule has 1 heterocycles. The first-order chi connectivity index (χ1) is 11.6. The van der Waals surface area contributed by atoms with Crippen LogP contribution in [0.4, 0.5) is 17.5 Å². The van der Waals surface area contributed by atoms with E-state index in [-0.39, 0.29) is 0 Å². The van der Waals surface area contributed by atoms with Crippen LogP contribution in [-0.4, -0.2) is 15.2 Å². The van der Waals surface area contributed by atoms with Gasteiger partial charge in [0.1, 0.15) is 0 Å². The van der Waals surface area contributed by atoms with E-state index in [9.17, 15) is 0 Å². The fraction of sp³-hybridized carbons (Fsp3) is 0.118. The molecule has 0 spiro atoms. The number of nitrogens with zero attached hydrogens (tertiary/aromatic N) is 3. The summed E-state index contributed by atoms with van der Waals surface area (Å²) < 4.78 is 0. The summed E-state index contributed by atoms with van der Waals surface area (Å²) in [4.78, 5) is 4.38. The molecule has 2 N–H and O–H groups in total. The molecule has 0 saturated heterocycles.